The summed E-state index contributed by atoms with van der Waals surface area (Å²) in [6.07, 6.45) is 4.52. The van der Waals surface area contributed by atoms with Crippen molar-refractivity contribution in [3.8, 4) is 11.4 Å². The highest BCUT2D eigenvalue weighted by molar-refractivity contribution is 6.30. The monoisotopic (exact) mass is 409 g/mol. The van der Waals surface area contributed by atoms with E-state index in [1.54, 1.807) is 24.3 Å². The number of hydrogen-bond acceptors (Lipinski definition) is 4. The van der Waals surface area contributed by atoms with Gasteiger partial charge in [-0.3, -0.25) is 4.79 Å². The molecule has 150 valence electrons. The number of nitrogens with one attached hydrogen (secondary N) is 2. The van der Waals surface area contributed by atoms with Crippen LogP contribution in [0.4, 0.5) is 11.4 Å². The van der Waals surface area contributed by atoms with Crippen molar-refractivity contribution in [2.75, 3.05) is 10.6 Å². The summed E-state index contributed by atoms with van der Waals surface area (Å²) in [5.41, 5.74) is 2.58. The number of halogens is 1. The Morgan fingerprint density at radius 3 is 2.72 bits per heavy atom. The Morgan fingerprint density at radius 2 is 1.90 bits per heavy atom. The van der Waals surface area contributed by atoms with Gasteiger partial charge in [0.15, 0.2) is 5.82 Å². The van der Waals surface area contributed by atoms with E-state index >= 15 is 0 Å². The fourth-order valence-electron chi connectivity index (χ4n) is 3.55. The highest BCUT2D eigenvalue weighted by atomic mass is 35.5. The van der Waals surface area contributed by atoms with Crippen LogP contribution in [0.3, 0.4) is 0 Å². The lowest BCUT2D eigenvalue weighted by Gasteiger charge is -2.16. The van der Waals surface area contributed by atoms with Gasteiger partial charge in [0.25, 0.3) is 0 Å². The van der Waals surface area contributed by atoms with Gasteiger partial charge in [-0.25, -0.2) is 0 Å². The van der Waals surface area contributed by atoms with E-state index in [-0.39, 0.29) is 5.91 Å². The fraction of sp³-hybridized carbons (Fsp3) is 0.318. The number of carbonyl (C=O) groups excluding carboxylic acids is 1. The normalized spacial score (nSPS) is 14.6. The summed E-state index contributed by atoms with van der Waals surface area (Å²) >= 11 is 5.89. The van der Waals surface area contributed by atoms with Gasteiger partial charge in [-0.15, -0.1) is 10.2 Å². The van der Waals surface area contributed by atoms with Gasteiger partial charge in [0.05, 0.1) is 0 Å². The van der Waals surface area contributed by atoms with Crippen molar-refractivity contribution in [3.05, 3.63) is 59.4 Å². The molecule has 0 radical (unpaired) electrons. The smallest absolute Gasteiger partial charge is 0.246 e. The van der Waals surface area contributed by atoms with Gasteiger partial charge in [0.1, 0.15) is 11.9 Å². The minimum Gasteiger partial charge on any atom is -0.374 e. The van der Waals surface area contributed by atoms with Crippen LogP contribution in [0.2, 0.25) is 5.02 Å². The van der Waals surface area contributed by atoms with Crippen LogP contribution in [0, 0.1) is 0 Å². The number of benzene rings is 2. The Morgan fingerprint density at radius 1 is 1.07 bits per heavy atom. The van der Waals surface area contributed by atoms with Gasteiger partial charge in [0, 0.05) is 34.9 Å². The topological polar surface area (TPSA) is 71.8 Å². The number of rotatable bonds is 5. The molecule has 1 aromatic heterocycles. The van der Waals surface area contributed by atoms with Crippen LogP contribution < -0.4 is 10.6 Å². The van der Waals surface area contributed by atoms with Crippen molar-refractivity contribution in [1.82, 2.24) is 14.8 Å². The summed E-state index contributed by atoms with van der Waals surface area (Å²) in [7, 11) is 0. The third-order valence-electron chi connectivity index (χ3n) is 5.12. The molecule has 4 rings (SSSR count). The van der Waals surface area contributed by atoms with Crippen LogP contribution in [-0.4, -0.2) is 26.7 Å². The van der Waals surface area contributed by atoms with Crippen molar-refractivity contribution in [2.45, 2.75) is 45.2 Å². The molecule has 3 aromatic rings. The first-order valence-electron chi connectivity index (χ1n) is 9.95. The summed E-state index contributed by atoms with van der Waals surface area (Å²) in [6.45, 7) is 2.79. The molecule has 0 unspecified atom stereocenters. The van der Waals surface area contributed by atoms with E-state index in [0.29, 0.717) is 10.7 Å². The summed E-state index contributed by atoms with van der Waals surface area (Å²) in [4.78, 5) is 12.5. The number of carbonyl (C=O) groups is 1. The van der Waals surface area contributed by atoms with E-state index in [0.717, 1.165) is 42.3 Å². The second kappa shape index (κ2) is 8.66. The molecule has 1 aliphatic heterocycles. The molecule has 2 aromatic carbocycles. The van der Waals surface area contributed by atoms with Crippen LogP contribution in [0.1, 0.15) is 32.0 Å². The molecule has 1 aliphatic rings. The molecule has 29 heavy (non-hydrogen) atoms. The molecule has 7 heteroatoms. The molecule has 0 saturated carbocycles. The zero-order valence-electron chi connectivity index (χ0n) is 16.4. The summed E-state index contributed by atoms with van der Waals surface area (Å²) in [5, 5.41) is 15.6. The lowest BCUT2D eigenvalue weighted by atomic mass is 10.1. The van der Waals surface area contributed by atoms with E-state index in [2.05, 4.69) is 25.4 Å². The number of fused-ring (bicyclic) bond motifs is 1. The maximum atomic E-state index is 12.5. The van der Waals surface area contributed by atoms with Crippen LogP contribution in [0.5, 0.6) is 0 Å². The molecular formula is C22H24ClN5O. The number of hydrogen-bond donors (Lipinski definition) is 2. The number of aryl methyl sites for hydroxylation is 1. The Labute approximate surface area is 175 Å². The number of amides is 1. The van der Waals surface area contributed by atoms with Gasteiger partial charge in [-0.05, 0) is 56.2 Å². The van der Waals surface area contributed by atoms with Crippen molar-refractivity contribution >= 4 is 28.9 Å². The Kier molecular flexibility index (Phi) is 5.81. The SMILES string of the molecule is C[C@@H](Nc1cccc(-c2nnc3n2CCCCC3)c1)C(=O)Nc1ccc(Cl)cc1. The third kappa shape index (κ3) is 4.59. The van der Waals surface area contributed by atoms with Crippen molar-refractivity contribution < 1.29 is 4.79 Å². The zero-order chi connectivity index (χ0) is 20.2. The lowest BCUT2D eigenvalue weighted by Crippen LogP contribution is -2.31. The molecule has 1 amide bonds. The van der Waals surface area contributed by atoms with Crippen molar-refractivity contribution in [1.29, 1.82) is 0 Å². The maximum Gasteiger partial charge on any atom is 0.246 e. The summed E-state index contributed by atoms with van der Waals surface area (Å²) in [5.74, 6) is 1.84. The molecule has 1 atom stereocenters. The molecule has 2 N–H and O–H groups in total. The van der Waals surface area contributed by atoms with Gasteiger partial charge in [-0.2, -0.15) is 0 Å². The Hall–Kier alpha value is -2.86. The van der Waals surface area contributed by atoms with Crippen LogP contribution in [0.15, 0.2) is 48.5 Å². The van der Waals surface area contributed by atoms with Crippen LogP contribution >= 0.6 is 11.6 Å². The second-order valence-corrected chi connectivity index (χ2v) is 7.78. The first-order chi connectivity index (χ1) is 14.1. The summed E-state index contributed by atoms with van der Waals surface area (Å²) < 4.78 is 2.22. The number of aromatic nitrogens is 3. The van der Waals surface area contributed by atoms with Gasteiger partial charge in [0.2, 0.25) is 5.91 Å². The number of nitrogens with zero attached hydrogens (tertiary/aromatic N) is 3. The van der Waals surface area contributed by atoms with Crippen LogP contribution in [0.25, 0.3) is 11.4 Å². The van der Waals surface area contributed by atoms with Crippen molar-refractivity contribution in [3.63, 3.8) is 0 Å². The molecule has 0 bridgehead atoms. The Bertz CT molecular complexity index is 999. The average Bonchev–Trinajstić information content (AvgIpc) is 2.98. The van der Waals surface area contributed by atoms with Crippen LogP contribution in [-0.2, 0) is 17.8 Å². The highest BCUT2D eigenvalue weighted by Crippen LogP contribution is 2.25. The third-order valence-corrected chi connectivity index (χ3v) is 5.37. The second-order valence-electron chi connectivity index (χ2n) is 7.35. The minimum atomic E-state index is -0.406. The molecule has 2 heterocycles. The van der Waals surface area contributed by atoms with E-state index in [1.165, 1.54) is 12.8 Å². The zero-order valence-corrected chi connectivity index (χ0v) is 17.1. The van der Waals surface area contributed by atoms with Gasteiger partial charge < -0.3 is 15.2 Å². The van der Waals surface area contributed by atoms with Gasteiger partial charge in [-0.1, -0.05) is 30.2 Å². The predicted octanol–water partition coefficient (Wildman–Crippen LogP) is 4.76. The standard InChI is InChI=1S/C22H24ClN5O/c1-15(22(29)25-18-11-9-17(23)10-12-18)24-19-7-5-6-16(14-19)21-27-26-20-8-3-2-4-13-28(20)21/h5-7,9-12,14-15,24H,2-4,8,13H2,1H3,(H,25,29)/t15-/m1/s1. The maximum absolute atomic E-state index is 12.5. The number of anilines is 2. The van der Waals surface area contributed by atoms with Gasteiger partial charge >= 0.3 is 0 Å². The molecule has 0 fully saturated rings. The molecule has 0 aliphatic carbocycles. The van der Waals surface area contributed by atoms with E-state index < -0.39 is 6.04 Å². The largest absolute Gasteiger partial charge is 0.374 e. The highest BCUT2D eigenvalue weighted by Gasteiger charge is 2.17. The summed E-state index contributed by atoms with van der Waals surface area (Å²) in [6, 6.07) is 14.6. The fourth-order valence-corrected chi connectivity index (χ4v) is 3.67. The first-order valence-corrected chi connectivity index (χ1v) is 10.3. The molecule has 6 nitrogen and oxygen atoms in total. The minimum absolute atomic E-state index is 0.117. The van der Waals surface area contributed by atoms with E-state index in [9.17, 15) is 4.79 Å². The average molecular weight is 410 g/mol. The molecular weight excluding hydrogens is 386 g/mol. The first kappa shape index (κ1) is 19.5. The quantitative estimate of drug-likeness (QED) is 0.637. The molecule has 0 spiro atoms. The van der Waals surface area contributed by atoms with E-state index in [1.807, 2.05) is 31.2 Å². The lowest BCUT2D eigenvalue weighted by molar-refractivity contribution is -0.116. The predicted molar refractivity (Wildman–Crippen MR) is 116 cm³/mol. The Balaban J connectivity index is 1.47. The van der Waals surface area contributed by atoms with E-state index in [4.69, 9.17) is 11.6 Å². The van der Waals surface area contributed by atoms with Crippen molar-refractivity contribution in [2.24, 2.45) is 0 Å². The molecule has 0 saturated heterocycles.